The van der Waals surface area contributed by atoms with Gasteiger partial charge in [-0.2, -0.15) is 5.10 Å². The van der Waals surface area contributed by atoms with Crippen LogP contribution in [0.15, 0.2) is 18.3 Å². The fourth-order valence-electron chi connectivity index (χ4n) is 2.66. The van der Waals surface area contributed by atoms with Gasteiger partial charge in [0.15, 0.2) is 0 Å². The molecule has 2 heterocycles. The molecule has 1 aromatic carbocycles. The Morgan fingerprint density at radius 1 is 1.10 bits per heavy atom. The van der Waals surface area contributed by atoms with Crippen LogP contribution in [-0.2, 0) is 16.4 Å². The first-order valence-electron chi connectivity index (χ1n) is 7.00. The van der Waals surface area contributed by atoms with Gasteiger partial charge in [0.25, 0.3) is 0 Å². The highest BCUT2D eigenvalue weighted by Crippen LogP contribution is 2.37. The fourth-order valence-corrected chi connectivity index (χ4v) is 2.66. The summed E-state index contributed by atoms with van der Waals surface area (Å²) in [5.41, 5.74) is 2.68. The Kier molecular flexibility index (Phi) is 2.79. The van der Waals surface area contributed by atoms with E-state index >= 15 is 0 Å². The van der Waals surface area contributed by atoms with E-state index in [2.05, 4.69) is 51.9 Å². The first kappa shape index (κ1) is 13.6. The first-order chi connectivity index (χ1) is 9.23. The molecule has 3 rings (SSSR count). The lowest BCUT2D eigenvalue weighted by Crippen LogP contribution is -2.41. The van der Waals surface area contributed by atoms with Gasteiger partial charge in [0, 0.05) is 17.9 Å². The fraction of sp³-hybridized carbons (Fsp3) is 0.533. The quantitative estimate of drug-likeness (QED) is 0.746. The summed E-state index contributed by atoms with van der Waals surface area (Å²) in [5, 5.41) is 5.46. The maximum Gasteiger partial charge on any atom is 0.497 e. The van der Waals surface area contributed by atoms with Crippen LogP contribution >= 0.6 is 0 Å². The zero-order valence-electron chi connectivity index (χ0n) is 13.0. The minimum Gasteiger partial charge on any atom is -0.399 e. The Bertz CT molecular complexity index is 660. The monoisotopic (exact) mass is 272 g/mol. The SMILES string of the molecule is Cc1ccc2cnn(C)c2c1B1OC(C)(C)C(C)(C)O1. The molecule has 1 aliphatic heterocycles. The van der Waals surface area contributed by atoms with Crippen LogP contribution in [0.25, 0.3) is 10.9 Å². The highest BCUT2D eigenvalue weighted by molar-refractivity contribution is 6.65. The summed E-state index contributed by atoms with van der Waals surface area (Å²) in [6.07, 6.45) is 1.88. The van der Waals surface area contributed by atoms with E-state index in [0.717, 1.165) is 16.4 Å². The van der Waals surface area contributed by atoms with E-state index in [1.165, 1.54) is 5.56 Å². The zero-order chi connectivity index (χ0) is 14.7. The summed E-state index contributed by atoms with van der Waals surface area (Å²) >= 11 is 0. The Morgan fingerprint density at radius 2 is 1.70 bits per heavy atom. The van der Waals surface area contributed by atoms with E-state index in [9.17, 15) is 0 Å². The summed E-state index contributed by atoms with van der Waals surface area (Å²) in [7, 11) is 1.61. The molecule has 20 heavy (non-hydrogen) atoms. The molecule has 0 unspecified atom stereocenters. The number of benzene rings is 1. The molecule has 106 valence electrons. The Labute approximate surface area is 120 Å². The van der Waals surface area contributed by atoms with Crippen molar-refractivity contribution in [3.05, 3.63) is 23.9 Å². The summed E-state index contributed by atoms with van der Waals surface area (Å²) < 4.78 is 14.3. The van der Waals surface area contributed by atoms with Crippen LogP contribution in [-0.4, -0.2) is 28.1 Å². The van der Waals surface area contributed by atoms with Gasteiger partial charge in [-0.1, -0.05) is 12.1 Å². The Balaban J connectivity index is 2.17. The topological polar surface area (TPSA) is 36.3 Å². The number of fused-ring (bicyclic) bond motifs is 1. The van der Waals surface area contributed by atoms with Crippen LogP contribution in [0.2, 0.25) is 0 Å². The third-order valence-electron chi connectivity index (χ3n) is 4.65. The standard InChI is InChI=1S/C15H21BN2O2/c1-10-7-8-11-9-17-18(6)13(11)12(10)16-19-14(2,3)15(4,5)20-16/h7-9H,1-6H3. The molecular weight excluding hydrogens is 251 g/mol. The Hall–Kier alpha value is -1.33. The van der Waals surface area contributed by atoms with Crippen LogP contribution in [0.3, 0.4) is 0 Å². The van der Waals surface area contributed by atoms with Crippen LogP contribution < -0.4 is 5.46 Å². The van der Waals surface area contributed by atoms with Crippen LogP contribution in [0.5, 0.6) is 0 Å². The summed E-state index contributed by atoms with van der Waals surface area (Å²) in [4.78, 5) is 0. The molecule has 1 aliphatic rings. The lowest BCUT2D eigenvalue weighted by atomic mass is 9.75. The molecule has 0 amide bonds. The van der Waals surface area contributed by atoms with E-state index in [-0.39, 0.29) is 18.3 Å². The molecule has 0 spiro atoms. The van der Waals surface area contributed by atoms with Gasteiger partial charge in [-0.15, -0.1) is 0 Å². The van der Waals surface area contributed by atoms with E-state index in [0.29, 0.717) is 0 Å². The maximum absolute atomic E-state index is 6.20. The van der Waals surface area contributed by atoms with Gasteiger partial charge in [0.1, 0.15) is 0 Å². The van der Waals surface area contributed by atoms with Crippen molar-refractivity contribution in [1.82, 2.24) is 9.78 Å². The number of hydrogen-bond donors (Lipinski definition) is 0. The lowest BCUT2D eigenvalue weighted by Gasteiger charge is -2.32. The van der Waals surface area contributed by atoms with Crippen molar-refractivity contribution >= 4 is 23.5 Å². The van der Waals surface area contributed by atoms with Gasteiger partial charge in [0.2, 0.25) is 0 Å². The predicted octanol–water partition coefficient (Wildman–Crippen LogP) is 2.18. The van der Waals surface area contributed by atoms with E-state index in [1.54, 1.807) is 0 Å². The molecule has 4 nitrogen and oxygen atoms in total. The van der Waals surface area contributed by atoms with Crippen LogP contribution in [0.1, 0.15) is 33.3 Å². The van der Waals surface area contributed by atoms with Crippen LogP contribution in [0.4, 0.5) is 0 Å². The number of rotatable bonds is 1. The van der Waals surface area contributed by atoms with E-state index in [1.807, 2.05) is 17.9 Å². The maximum atomic E-state index is 6.20. The number of nitrogens with zero attached hydrogens (tertiary/aromatic N) is 2. The third kappa shape index (κ3) is 1.80. The molecule has 1 fully saturated rings. The highest BCUT2D eigenvalue weighted by atomic mass is 16.7. The highest BCUT2D eigenvalue weighted by Gasteiger charge is 2.52. The average Bonchev–Trinajstić information content (AvgIpc) is 2.78. The molecule has 5 heteroatoms. The molecule has 0 N–H and O–H groups in total. The van der Waals surface area contributed by atoms with E-state index in [4.69, 9.17) is 9.31 Å². The van der Waals surface area contributed by atoms with Gasteiger partial charge in [0.05, 0.1) is 22.9 Å². The van der Waals surface area contributed by atoms with Crippen LogP contribution in [0, 0.1) is 6.92 Å². The smallest absolute Gasteiger partial charge is 0.399 e. The van der Waals surface area contributed by atoms with Gasteiger partial charge >= 0.3 is 7.12 Å². The minimum absolute atomic E-state index is 0.329. The van der Waals surface area contributed by atoms with Crippen molar-refractivity contribution in [3.8, 4) is 0 Å². The largest absolute Gasteiger partial charge is 0.497 e. The summed E-state index contributed by atoms with van der Waals surface area (Å²) in [5.74, 6) is 0. The van der Waals surface area contributed by atoms with Gasteiger partial charge in [-0.25, -0.2) is 0 Å². The molecule has 0 atom stereocenters. The van der Waals surface area contributed by atoms with Crippen molar-refractivity contribution in [1.29, 1.82) is 0 Å². The van der Waals surface area contributed by atoms with Gasteiger partial charge in [-0.3, -0.25) is 4.68 Å². The van der Waals surface area contributed by atoms with Crippen molar-refractivity contribution in [2.45, 2.75) is 45.8 Å². The van der Waals surface area contributed by atoms with Gasteiger partial charge in [-0.05, 0) is 40.2 Å². The molecule has 0 bridgehead atoms. The second kappa shape index (κ2) is 4.09. The average molecular weight is 272 g/mol. The molecule has 2 aromatic rings. The van der Waals surface area contributed by atoms with Crippen molar-refractivity contribution in [2.24, 2.45) is 7.05 Å². The molecule has 0 radical (unpaired) electrons. The van der Waals surface area contributed by atoms with Gasteiger partial charge < -0.3 is 9.31 Å². The molecule has 1 saturated heterocycles. The molecule has 1 aromatic heterocycles. The lowest BCUT2D eigenvalue weighted by molar-refractivity contribution is 0.00578. The second-order valence-corrected chi connectivity index (χ2v) is 6.59. The first-order valence-corrected chi connectivity index (χ1v) is 7.00. The van der Waals surface area contributed by atoms with Crippen molar-refractivity contribution in [2.75, 3.05) is 0 Å². The summed E-state index contributed by atoms with van der Waals surface area (Å²) in [6.45, 7) is 10.4. The van der Waals surface area contributed by atoms with E-state index < -0.39 is 0 Å². The molecule has 0 aliphatic carbocycles. The van der Waals surface area contributed by atoms with Crippen molar-refractivity contribution in [3.63, 3.8) is 0 Å². The number of aryl methyl sites for hydroxylation is 2. The third-order valence-corrected chi connectivity index (χ3v) is 4.65. The zero-order valence-corrected chi connectivity index (χ0v) is 13.0. The molecule has 0 saturated carbocycles. The normalized spacial score (nSPS) is 20.8. The van der Waals surface area contributed by atoms with Crippen molar-refractivity contribution < 1.29 is 9.31 Å². The second-order valence-electron chi connectivity index (χ2n) is 6.59. The Morgan fingerprint density at radius 3 is 2.30 bits per heavy atom. The predicted molar refractivity (Wildman–Crippen MR) is 81.2 cm³/mol. The molecular formula is C15H21BN2O2. The number of aromatic nitrogens is 2. The number of hydrogen-bond acceptors (Lipinski definition) is 3. The summed E-state index contributed by atoms with van der Waals surface area (Å²) in [6, 6.07) is 4.19. The minimum atomic E-state index is -0.348.